The zero-order valence-corrected chi connectivity index (χ0v) is 15.3. The predicted molar refractivity (Wildman–Crippen MR) is 108 cm³/mol. The number of pyridine rings is 2. The quantitative estimate of drug-likeness (QED) is 0.578. The van der Waals surface area contributed by atoms with Crippen molar-refractivity contribution in [2.24, 2.45) is 0 Å². The normalized spacial score (nSPS) is 13.4. The molecule has 0 unspecified atom stereocenters. The smallest absolute Gasteiger partial charge is 0.258 e. The summed E-state index contributed by atoms with van der Waals surface area (Å²) < 4.78 is 7.33. The lowest BCUT2D eigenvalue weighted by Gasteiger charge is -2.12. The second-order valence-corrected chi connectivity index (χ2v) is 6.92. The Kier molecular flexibility index (Phi) is 4.18. The minimum atomic E-state index is -0.129. The Hall–Kier alpha value is -3.38. The van der Waals surface area contributed by atoms with E-state index >= 15 is 0 Å². The van der Waals surface area contributed by atoms with Crippen LogP contribution in [0.5, 0.6) is 5.75 Å². The highest BCUT2D eigenvalue weighted by molar-refractivity contribution is 5.86. The minimum Gasteiger partial charge on any atom is -0.487 e. The van der Waals surface area contributed by atoms with E-state index < -0.39 is 0 Å². The van der Waals surface area contributed by atoms with Gasteiger partial charge in [0.25, 0.3) is 5.56 Å². The van der Waals surface area contributed by atoms with Gasteiger partial charge in [-0.3, -0.25) is 14.3 Å². The molecule has 6 nitrogen and oxygen atoms in total. The summed E-state index contributed by atoms with van der Waals surface area (Å²) in [6, 6.07) is 15.1. The summed E-state index contributed by atoms with van der Waals surface area (Å²) in [5, 5.41) is 4.63. The molecule has 0 aliphatic carbocycles. The van der Waals surface area contributed by atoms with E-state index in [0.717, 1.165) is 36.4 Å². The first-order valence-corrected chi connectivity index (χ1v) is 9.38. The van der Waals surface area contributed by atoms with Gasteiger partial charge in [0, 0.05) is 54.6 Å². The topological polar surface area (TPSA) is 71.9 Å². The first kappa shape index (κ1) is 16.8. The summed E-state index contributed by atoms with van der Waals surface area (Å²) in [5.41, 5.74) is 5.21. The van der Waals surface area contributed by atoms with Crippen LogP contribution in [0.2, 0.25) is 0 Å². The van der Waals surface area contributed by atoms with E-state index in [1.165, 1.54) is 22.7 Å². The third-order valence-corrected chi connectivity index (χ3v) is 5.11. The molecule has 1 aromatic carbocycles. The number of nitrogens with one attached hydrogen (secondary N) is 2. The van der Waals surface area contributed by atoms with Crippen LogP contribution in [-0.4, -0.2) is 21.1 Å². The van der Waals surface area contributed by atoms with Crippen LogP contribution >= 0.6 is 0 Å². The molecular formula is C22H20N4O2. The van der Waals surface area contributed by atoms with E-state index in [9.17, 15) is 4.79 Å². The van der Waals surface area contributed by atoms with Crippen LogP contribution in [0.4, 0.5) is 0 Å². The second-order valence-electron chi connectivity index (χ2n) is 6.92. The Morgan fingerprint density at radius 1 is 1.14 bits per heavy atom. The van der Waals surface area contributed by atoms with Crippen molar-refractivity contribution in [1.29, 1.82) is 0 Å². The maximum atomic E-state index is 12.6. The zero-order valence-electron chi connectivity index (χ0n) is 15.3. The third-order valence-electron chi connectivity index (χ3n) is 5.11. The lowest BCUT2D eigenvalue weighted by Crippen LogP contribution is -2.22. The SMILES string of the molecule is O=c1cc(OCc2ccccn2)ccn1-c1ccc2c3c([nH]c2c1)CCNC3. The number of fused-ring (bicyclic) bond motifs is 3. The molecule has 0 saturated carbocycles. The summed E-state index contributed by atoms with van der Waals surface area (Å²) in [6.45, 7) is 2.21. The number of benzene rings is 1. The molecule has 0 bridgehead atoms. The Balaban J connectivity index is 1.42. The molecule has 140 valence electrons. The molecular weight excluding hydrogens is 352 g/mol. The van der Waals surface area contributed by atoms with Crippen LogP contribution in [0.25, 0.3) is 16.6 Å². The lowest BCUT2D eigenvalue weighted by atomic mass is 10.1. The van der Waals surface area contributed by atoms with Crippen molar-refractivity contribution < 1.29 is 4.74 Å². The van der Waals surface area contributed by atoms with Crippen molar-refractivity contribution in [2.75, 3.05) is 6.54 Å². The molecule has 4 aromatic rings. The fourth-order valence-electron chi connectivity index (χ4n) is 3.70. The van der Waals surface area contributed by atoms with Gasteiger partial charge in [-0.15, -0.1) is 0 Å². The summed E-state index contributed by atoms with van der Waals surface area (Å²) in [4.78, 5) is 20.4. The molecule has 1 aliphatic heterocycles. The zero-order chi connectivity index (χ0) is 18.9. The Morgan fingerprint density at radius 3 is 2.96 bits per heavy atom. The van der Waals surface area contributed by atoms with Gasteiger partial charge in [0.05, 0.1) is 11.4 Å². The molecule has 0 radical (unpaired) electrons. The van der Waals surface area contributed by atoms with E-state index in [1.807, 2.05) is 30.3 Å². The molecule has 0 atom stereocenters. The molecule has 3 aromatic heterocycles. The van der Waals surface area contributed by atoms with E-state index in [1.54, 1.807) is 23.0 Å². The van der Waals surface area contributed by atoms with Crippen molar-refractivity contribution in [2.45, 2.75) is 19.6 Å². The molecule has 0 spiro atoms. The first-order valence-electron chi connectivity index (χ1n) is 9.38. The number of H-pyrrole nitrogens is 1. The van der Waals surface area contributed by atoms with Crippen LogP contribution in [0.3, 0.4) is 0 Å². The molecule has 5 rings (SSSR count). The van der Waals surface area contributed by atoms with Gasteiger partial charge in [0.1, 0.15) is 12.4 Å². The van der Waals surface area contributed by atoms with E-state index in [0.29, 0.717) is 12.4 Å². The van der Waals surface area contributed by atoms with Crippen LogP contribution in [0.15, 0.2) is 65.7 Å². The highest BCUT2D eigenvalue weighted by Crippen LogP contribution is 2.26. The van der Waals surface area contributed by atoms with Crippen molar-refractivity contribution in [3.05, 3.63) is 88.2 Å². The maximum Gasteiger partial charge on any atom is 0.258 e. The molecule has 28 heavy (non-hydrogen) atoms. The van der Waals surface area contributed by atoms with Gasteiger partial charge in [-0.25, -0.2) is 0 Å². The highest BCUT2D eigenvalue weighted by atomic mass is 16.5. The summed E-state index contributed by atoms with van der Waals surface area (Å²) >= 11 is 0. The van der Waals surface area contributed by atoms with Gasteiger partial charge in [-0.05, 0) is 35.9 Å². The minimum absolute atomic E-state index is 0.129. The van der Waals surface area contributed by atoms with Gasteiger partial charge in [0.15, 0.2) is 0 Å². The standard InChI is InChI=1S/C22H20N4O2/c27-22-12-17(28-14-15-3-1-2-8-24-15)7-10-26(22)16-4-5-18-19-13-23-9-6-20(19)25-21(18)11-16/h1-5,7-8,10-12,23,25H,6,9,13-14H2. The largest absolute Gasteiger partial charge is 0.487 e. The molecule has 6 heteroatoms. The van der Waals surface area contributed by atoms with Crippen LogP contribution in [-0.2, 0) is 19.6 Å². The van der Waals surface area contributed by atoms with E-state index in [-0.39, 0.29) is 5.56 Å². The average molecular weight is 372 g/mol. The number of nitrogens with zero attached hydrogens (tertiary/aromatic N) is 2. The van der Waals surface area contributed by atoms with Gasteiger partial charge >= 0.3 is 0 Å². The molecule has 0 saturated heterocycles. The number of rotatable bonds is 4. The second kappa shape index (κ2) is 6.98. The van der Waals surface area contributed by atoms with Crippen LogP contribution in [0, 0.1) is 0 Å². The lowest BCUT2D eigenvalue weighted by molar-refractivity contribution is 0.300. The fraction of sp³-hybridized carbons (Fsp3) is 0.182. The van der Waals surface area contributed by atoms with E-state index in [4.69, 9.17) is 4.74 Å². The Bertz CT molecular complexity index is 1190. The van der Waals surface area contributed by atoms with Gasteiger partial charge < -0.3 is 15.0 Å². The van der Waals surface area contributed by atoms with Crippen LogP contribution in [0.1, 0.15) is 17.0 Å². The van der Waals surface area contributed by atoms with Crippen molar-refractivity contribution in [3.63, 3.8) is 0 Å². The molecule has 0 amide bonds. The Morgan fingerprint density at radius 2 is 2.11 bits per heavy atom. The average Bonchev–Trinajstić information content (AvgIpc) is 3.11. The third kappa shape index (κ3) is 3.08. The molecule has 4 heterocycles. The fourth-order valence-corrected chi connectivity index (χ4v) is 3.70. The van der Waals surface area contributed by atoms with Crippen LogP contribution < -0.4 is 15.6 Å². The summed E-state index contributed by atoms with van der Waals surface area (Å²) in [6.07, 6.45) is 4.48. The van der Waals surface area contributed by atoms with Gasteiger partial charge in [-0.1, -0.05) is 12.1 Å². The molecule has 1 aliphatic rings. The number of hydrogen-bond donors (Lipinski definition) is 2. The van der Waals surface area contributed by atoms with Crippen molar-refractivity contribution in [1.82, 2.24) is 19.9 Å². The Labute approximate surface area is 161 Å². The summed E-state index contributed by atoms with van der Waals surface area (Å²) in [7, 11) is 0. The van der Waals surface area contributed by atoms with Gasteiger partial charge in [0.2, 0.25) is 0 Å². The first-order chi connectivity index (χ1) is 13.8. The number of ether oxygens (including phenoxy) is 1. The number of aromatic nitrogens is 3. The van der Waals surface area contributed by atoms with Gasteiger partial charge in [-0.2, -0.15) is 0 Å². The molecule has 2 N–H and O–H groups in total. The number of hydrogen-bond acceptors (Lipinski definition) is 4. The highest BCUT2D eigenvalue weighted by Gasteiger charge is 2.15. The van der Waals surface area contributed by atoms with E-state index in [2.05, 4.69) is 21.4 Å². The van der Waals surface area contributed by atoms with Crippen molar-refractivity contribution >= 4 is 10.9 Å². The summed E-state index contributed by atoms with van der Waals surface area (Å²) in [5.74, 6) is 0.536. The maximum absolute atomic E-state index is 12.6. The predicted octanol–water partition coefficient (Wildman–Crippen LogP) is 2.94. The monoisotopic (exact) mass is 372 g/mol. The van der Waals surface area contributed by atoms with Crippen molar-refractivity contribution in [3.8, 4) is 11.4 Å². The number of aromatic amines is 1. The molecule has 0 fully saturated rings.